The number of nitrogens with zero attached hydrogens (tertiary/aromatic N) is 1. The van der Waals surface area contributed by atoms with E-state index in [2.05, 4.69) is 6.92 Å². The molecule has 0 saturated heterocycles. The zero-order valence-corrected chi connectivity index (χ0v) is 11.2. The standard InChI is InChI=1S/C15H18N2O2/c1-9-5-11(9)8-17(2)15(18)14-7-10-6-12(16)3-4-13(10)19-14/h3-4,6-7,9,11H,5,8,16H2,1-2H3. The van der Waals surface area contributed by atoms with Crippen molar-refractivity contribution in [2.24, 2.45) is 11.8 Å². The molecule has 100 valence electrons. The van der Waals surface area contributed by atoms with Gasteiger partial charge in [0, 0.05) is 24.7 Å². The van der Waals surface area contributed by atoms with E-state index in [0.29, 0.717) is 22.9 Å². The van der Waals surface area contributed by atoms with Crippen molar-refractivity contribution >= 4 is 22.6 Å². The van der Waals surface area contributed by atoms with Gasteiger partial charge in [-0.1, -0.05) is 6.92 Å². The second kappa shape index (κ2) is 4.30. The van der Waals surface area contributed by atoms with Crippen molar-refractivity contribution < 1.29 is 9.21 Å². The highest BCUT2D eigenvalue weighted by atomic mass is 16.3. The fourth-order valence-electron chi connectivity index (χ4n) is 2.44. The van der Waals surface area contributed by atoms with Crippen LogP contribution in [-0.2, 0) is 0 Å². The molecule has 1 amide bonds. The van der Waals surface area contributed by atoms with Crippen LogP contribution >= 0.6 is 0 Å². The van der Waals surface area contributed by atoms with E-state index in [9.17, 15) is 4.79 Å². The van der Waals surface area contributed by atoms with Gasteiger partial charge in [0.15, 0.2) is 5.76 Å². The van der Waals surface area contributed by atoms with E-state index in [1.165, 1.54) is 6.42 Å². The Kier molecular flexibility index (Phi) is 2.73. The Balaban J connectivity index is 1.80. The van der Waals surface area contributed by atoms with Gasteiger partial charge in [0.1, 0.15) is 5.58 Å². The predicted octanol–water partition coefficient (Wildman–Crippen LogP) is 2.74. The molecule has 1 aromatic heterocycles. The molecule has 2 N–H and O–H groups in total. The second-order valence-corrected chi connectivity index (χ2v) is 5.57. The van der Waals surface area contributed by atoms with E-state index in [1.807, 2.05) is 13.1 Å². The SMILES string of the molecule is CC1CC1CN(C)C(=O)c1cc2cc(N)ccc2o1. The maximum absolute atomic E-state index is 12.3. The molecule has 1 saturated carbocycles. The number of benzene rings is 1. The Morgan fingerprint density at radius 1 is 1.47 bits per heavy atom. The number of hydrogen-bond donors (Lipinski definition) is 1. The number of nitrogens with two attached hydrogens (primary N) is 1. The van der Waals surface area contributed by atoms with Gasteiger partial charge in [0.2, 0.25) is 0 Å². The van der Waals surface area contributed by atoms with Crippen molar-refractivity contribution in [2.75, 3.05) is 19.3 Å². The van der Waals surface area contributed by atoms with Crippen LogP contribution in [0.5, 0.6) is 0 Å². The minimum Gasteiger partial charge on any atom is -0.451 e. The summed E-state index contributed by atoms with van der Waals surface area (Å²) >= 11 is 0. The minimum atomic E-state index is -0.0612. The molecular weight excluding hydrogens is 240 g/mol. The van der Waals surface area contributed by atoms with Crippen LogP contribution in [0, 0.1) is 11.8 Å². The lowest BCUT2D eigenvalue weighted by Gasteiger charge is -2.15. The monoisotopic (exact) mass is 258 g/mol. The lowest BCUT2D eigenvalue weighted by molar-refractivity contribution is 0.0758. The molecular formula is C15H18N2O2. The molecule has 1 heterocycles. The van der Waals surface area contributed by atoms with Gasteiger partial charge in [-0.05, 0) is 42.5 Å². The number of rotatable bonds is 3. The van der Waals surface area contributed by atoms with E-state index in [-0.39, 0.29) is 5.91 Å². The highest BCUT2D eigenvalue weighted by Gasteiger charge is 2.34. The molecule has 2 unspecified atom stereocenters. The number of carbonyl (C=O) groups is 1. The van der Waals surface area contributed by atoms with Crippen molar-refractivity contribution in [3.05, 3.63) is 30.0 Å². The van der Waals surface area contributed by atoms with Crippen LogP contribution in [0.4, 0.5) is 5.69 Å². The summed E-state index contributed by atoms with van der Waals surface area (Å²) in [5.41, 5.74) is 7.09. The summed E-state index contributed by atoms with van der Waals surface area (Å²) in [6.07, 6.45) is 1.22. The van der Waals surface area contributed by atoms with Gasteiger partial charge in [0.05, 0.1) is 0 Å². The number of anilines is 1. The molecule has 0 spiro atoms. The summed E-state index contributed by atoms with van der Waals surface area (Å²) in [4.78, 5) is 14.0. The lowest BCUT2D eigenvalue weighted by Crippen LogP contribution is -2.28. The molecule has 1 fully saturated rings. The molecule has 1 aromatic carbocycles. The van der Waals surface area contributed by atoms with E-state index >= 15 is 0 Å². The molecule has 2 aromatic rings. The number of nitrogen functional groups attached to an aromatic ring is 1. The van der Waals surface area contributed by atoms with Crippen LogP contribution < -0.4 is 5.73 Å². The third-order valence-corrected chi connectivity index (χ3v) is 3.88. The number of fused-ring (bicyclic) bond motifs is 1. The summed E-state index contributed by atoms with van der Waals surface area (Å²) in [5, 5.41) is 0.872. The molecule has 2 atom stereocenters. The molecule has 19 heavy (non-hydrogen) atoms. The van der Waals surface area contributed by atoms with Gasteiger partial charge in [-0.15, -0.1) is 0 Å². The topological polar surface area (TPSA) is 59.5 Å². The number of carbonyl (C=O) groups excluding carboxylic acids is 1. The highest BCUT2D eigenvalue weighted by Crippen LogP contribution is 2.38. The molecule has 3 rings (SSSR count). The first-order chi connectivity index (χ1) is 9.04. The Hall–Kier alpha value is -1.97. The summed E-state index contributed by atoms with van der Waals surface area (Å²) in [5.74, 6) is 1.71. The molecule has 4 nitrogen and oxygen atoms in total. The van der Waals surface area contributed by atoms with Crippen molar-refractivity contribution in [3.8, 4) is 0 Å². The van der Waals surface area contributed by atoms with Crippen LogP contribution in [0.15, 0.2) is 28.7 Å². The van der Waals surface area contributed by atoms with Gasteiger partial charge >= 0.3 is 0 Å². The third kappa shape index (κ3) is 2.30. The average molecular weight is 258 g/mol. The summed E-state index contributed by atoms with van der Waals surface area (Å²) in [6.45, 7) is 3.02. The summed E-state index contributed by atoms with van der Waals surface area (Å²) in [7, 11) is 1.83. The predicted molar refractivity (Wildman–Crippen MR) is 74.9 cm³/mol. The fourth-order valence-corrected chi connectivity index (χ4v) is 2.44. The molecule has 0 radical (unpaired) electrons. The largest absolute Gasteiger partial charge is 0.451 e. The highest BCUT2D eigenvalue weighted by molar-refractivity contribution is 5.96. The van der Waals surface area contributed by atoms with Gasteiger partial charge in [-0.25, -0.2) is 0 Å². The van der Waals surface area contributed by atoms with E-state index in [1.54, 1.807) is 23.1 Å². The first-order valence-corrected chi connectivity index (χ1v) is 6.59. The minimum absolute atomic E-state index is 0.0612. The summed E-state index contributed by atoms with van der Waals surface area (Å²) in [6, 6.07) is 7.15. The quantitative estimate of drug-likeness (QED) is 0.861. The van der Waals surface area contributed by atoms with E-state index in [0.717, 1.165) is 17.8 Å². The maximum atomic E-state index is 12.3. The Morgan fingerprint density at radius 3 is 2.89 bits per heavy atom. The molecule has 1 aliphatic rings. The molecule has 4 heteroatoms. The van der Waals surface area contributed by atoms with Crippen LogP contribution in [0.1, 0.15) is 23.9 Å². The zero-order chi connectivity index (χ0) is 13.6. The average Bonchev–Trinajstić information content (AvgIpc) is 2.90. The zero-order valence-electron chi connectivity index (χ0n) is 11.2. The lowest BCUT2D eigenvalue weighted by atomic mass is 10.2. The van der Waals surface area contributed by atoms with Gasteiger partial charge in [-0.2, -0.15) is 0 Å². The maximum Gasteiger partial charge on any atom is 0.289 e. The number of hydrogen-bond acceptors (Lipinski definition) is 3. The van der Waals surface area contributed by atoms with Crippen LogP contribution in [0.2, 0.25) is 0 Å². The normalized spacial score (nSPS) is 21.6. The van der Waals surface area contributed by atoms with Crippen LogP contribution in [0.3, 0.4) is 0 Å². The third-order valence-electron chi connectivity index (χ3n) is 3.88. The first-order valence-electron chi connectivity index (χ1n) is 6.59. The molecule has 0 aliphatic heterocycles. The van der Waals surface area contributed by atoms with Gasteiger partial charge in [0.25, 0.3) is 5.91 Å². The molecule has 1 aliphatic carbocycles. The van der Waals surface area contributed by atoms with Crippen molar-refractivity contribution in [2.45, 2.75) is 13.3 Å². The van der Waals surface area contributed by atoms with Crippen molar-refractivity contribution in [1.82, 2.24) is 4.90 Å². The first kappa shape index (κ1) is 12.1. The Labute approximate surface area is 112 Å². The van der Waals surface area contributed by atoms with Crippen LogP contribution in [0.25, 0.3) is 11.0 Å². The number of furan rings is 1. The van der Waals surface area contributed by atoms with Gasteiger partial charge in [-0.3, -0.25) is 4.79 Å². The van der Waals surface area contributed by atoms with Gasteiger partial charge < -0.3 is 15.1 Å². The van der Waals surface area contributed by atoms with Crippen molar-refractivity contribution in [3.63, 3.8) is 0 Å². The number of amides is 1. The van der Waals surface area contributed by atoms with Crippen molar-refractivity contribution in [1.29, 1.82) is 0 Å². The summed E-state index contributed by atoms with van der Waals surface area (Å²) < 4.78 is 5.59. The van der Waals surface area contributed by atoms with Crippen LogP contribution in [-0.4, -0.2) is 24.4 Å². The Bertz CT molecular complexity index is 632. The Morgan fingerprint density at radius 2 is 2.21 bits per heavy atom. The van der Waals surface area contributed by atoms with E-state index in [4.69, 9.17) is 10.2 Å². The smallest absolute Gasteiger partial charge is 0.289 e. The van der Waals surface area contributed by atoms with E-state index < -0.39 is 0 Å². The fraction of sp³-hybridized carbons (Fsp3) is 0.400. The molecule has 0 bridgehead atoms. The second-order valence-electron chi connectivity index (χ2n) is 5.57.